The molecule has 0 spiro atoms. The normalized spacial score (nSPS) is 11.8. The molecule has 0 aliphatic rings. The molecular formula is C18H31N. The lowest BCUT2D eigenvalue weighted by Crippen LogP contribution is -2.29. The molecule has 108 valence electrons. The Labute approximate surface area is 119 Å². The number of hydrogen-bond donors (Lipinski definition) is 1. The average molecular weight is 261 g/mol. The van der Waals surface area contributed by atoms with E-state index < -0.39 is 0 Å². The molecule has 0 saturated carbocycles. The van der Waals surface area contributed by atoms with Gasteiger partial charge in [-0.25, -0.2) is 0 Å². The van der Waals surface area contributed by atoms with Crippen LogP contribution in [0.1, 0.15) is 64.5 Å². The average Bonchev–Trinajstić information content (AvgIpc) is 2.39. The van der Waals surface area contributed by atoms with Crippen molar-refractivity contribution in [3.8, 4) is 0 Å². The molecule has 1 aromatic rings. The van der Waals surface area contributed by atoms with Gasteiger partial charge in [0.15, 0.2) is 0 Å². The fraction of sp³-hybridized carbons (Fsp3) is 0.667. The zero-order valence-electron chi connectivity index (χ0n) is 13.3. The van der Waals surface area contributed by atoms with Gasteiger partial charge in [0, 0.05) is 13.1 Å². The SMILES string of the molecule is CCCCCC(C)(C)CNCc1ccc(CC)cc1. The summed E-state index contributed by atoms with van der Waals surface area (Å²) in [6.07, 6.45) is 6.48. The van der Waals surface area contributed by atoms with E-state index in [0.29, 0.717) is 5.41 Å². The van der Waals surface area contributed by atoms with Gasteiger partial charge >= 0.3 is 0 Å². The van der Waals surface area contributed by atoms with E-state index in [1.54, 1.807) is 0 Å². The van der Waals surface area contributed by atoms with Crippen LogP contribution in [0.2, 0.25) is 0 Å². The Morgan fingerprint density at radius 1 is 0.947 bits per heavy atom. The van der Waals surface area contributed by atoms with Crippen molar-refractivity contribution in [1.82, 2.24) is 5.32 Å². The first-order valence-electron chi connectivity index (χ1n) is 7.86. The highest BCUT2D eigenvalue weighted by Gasteiger charge is 2.16. The van der Waals surface area contributed by atoms with Crippen molar-refractivity contribution < 1.29 is 0 Å². The number of benzene rings is 1. The lowest BCUT2D eigenvalue weighted by Gasteiger charge is -2.25. The molecule has 1 aromatic carbocycles. The third-order valence-corrected chi connectivity index (χ3v) is 3.82. The second kappa shape index (κ2) is 8.37. The standard InChI is InChI=1S/C18H31N/c1-5-7-8-13-18(3,4)15-19-14-17-11-9-16(6-2)10-12-17/h9-12,19H,5-8,13-15H2,1-4H3. The summed E-state index contributed by atoms with van der Waals surface area (Å²) < 4.78 is 0. The first-order valence-corrected chi connectivity index (χ1v) is 7.86. The molecule has 0 aliphatic carbocycles. The molecule has 0 bridgehead atoms. The van der Waals surface area contributed by atoms with Gasteiger partial charge in [0.25, 0.3) is 0 Å². The monoisotopic (exact) mass is 261 g/mol. The van der Waals surface area contributed by atoms with Crippen LogP contribution in [0.5, 0.6) is 0 Å². The van der Waals surface area contributed by atoms with Crippen molar-refractivity contribution in [2.45, 2.75) is 66.3 Å². The topological polar surface area (TPSA) is 12.0 Å². The zero-order valence-corrected chi connectivity index (χ0v) is 13.3. The molecule has 0 unspecified atom stereocenters. The Kier molecular flexibility index (Phi) is 7.15. The molecule has 1 N–H and O–H groups in total. The maximum atomic E-state index is 3.61. The van der Waals surface area contributed by atoms with Crippen LogP contribution in [0.15, 0.2) is 24.3 Å². The first-order chi connectivity index (χ1) is 9.07. The molecule has 1 nitrogen and oxygen atoms in total. The second-order valence-corrected chi connectivity index (χ2v) is 6.39. The van der Waals surface area contributed by atoms with Crippen LogP contribution >= 0.6 is 0 Å². The van der Waals surface area contributed by atoms with Crippen LogP contribution in [-0.2, 0) is 13.0 Å². The van der Waals surface area contributed by atoms with Crippen molar-refractivity contribution in [2.75, 3.05) is 6.54 Å². The Hall–Kier alpha value is -0.820. The number of unbranched alkanes of at least 4 members (excludes halogenated alkanes) is 2. The minimum atomic E-state index is 0.415. The molecular weight excluding hydrogens is 230 g/mol. The molecule has 0 saturated heterocycles. The maximum Gasteiger partial charge on any atom is 0.0205 e. The Balaban J connectivity index is 2.27. The van der Waals surface area contributed by atoms with E-state index in [2.05, 4.69) is 57.3 Å². The third kappa shape index (κ3) is 6.77. The minimum Gasteiger partial charge on any atom is -0.312 e. The molecule has 0 heterocycles. The molecule has 0 atom stereocenters. The molecule has 0 aliphatic heterocycles. The molecule has 1 heteroatoms. The molecule has 0 fully saturated rings. The van der Waals surface area contributed by atoms with Gasteiger partial charge in [0.1, 0.15) is 0 Å². The van der Waals surface area contributed by atoms with Gasteiger partial charge in [0.05, 0.1) is 0 Å². The van der Waals surface area contributed by atoms with Gasteiger partial charge in [-0.15, -0.1) is 0 Å². The van der Waals surface area contributed by atoms with Crippen molar-refractivity contribution in [3.63, 3.8) is 0 Å². The lowest BCUT2D eigenvalue weighted by molar-refractivity contribution is 0.302. The molecule has 0 radical (unpaired) electrons. The van der Waals surface area contributed by atoms with Crippen LogP contribution in [-0.4, -0.2) is 6.54 Å². The fourth-order valence-electron chi connectivity index (χ4n) is 2.38. The summed E-state index contributed by atoms with van der Waals surface area (Å²) in [5, 5.41) is 3.61. The Morgan fingerprint density at radius 2 is 1.58 bits per heavy atom. The van der Waals surface area contributed by atoms with Gasteiger partial charge in [-0.1, -0.05) is 71.2 Å². The minimum absolute atomic E-state index is 0.415. The van der Waals surface area contributed by atoms with E-state index >= 15 is 0 Å². The summed E-state index contributed by atoms with van der Waals surface area (Å²) in [4.78, 5) is 0. The second-order valence-electron chi connectivity index (χ2n) is 6.39. The van der Waals surface area contributed by atoms with E-state index in [0.717, 1.165) is 19.5 Å². The van der Waals surface area contributed by atoms with E-state index in [-0.39, 0.29) is 0 Å². The zero-order chi connectivity index (χ0) is 14.1. The quantitative estimate of drug-likeness (QED) is 0.620. The highest BCUT2D eigenvalue weighted by molar-refractivity contribution is 5.22. The van der Waals surface area contributed by atoms with E-state index in [9.17, 15) is 0 Å². The van der Waals surface area contributed by atoms with Gasteiger partial charge in [-0.05, 0) is 29.4 Å². The number of hydrogen-bond acceptors (Lipinski definition) is 1. The number of aryl methyl sites for hydroxylation is 1. The predicted octanol–water partition coefficient (Wildman–Crippen LogP) is 4.95. The summed E-state index contributed by atoms with van der Waals surface area (Å²) in [5.41, 5.74) is 3.23. The maximum absolute atomic E-state index is 3.61. The van der Waals surface area contributed by atoms with Gasteiger partial charge in [-0.3, -0.25) is 0 Å². The summed E-state index contributed by atoms with van der Waals surface area (Å²) >= 11 is 0. The molecule has 19 heavy (non-hydrogen) atoms. The van der Waals surface area contributed by atoms with Crippen LogP contribution in [0, 0.1) is 5.41 Å². The van der Waals surface area contributed by atoms with E-state index in [4.69, 9.17) is 0 Å². The summed E-state index contributed by atoms with van der Waals surface area (Å²) in [6, 6.07) is 8.97. The van der Waals surface area contributed by atoms with Gasteiger partial charge < -0.3 is 5.32 Å². The van der Waals surface area contributed by atoms with E-state index in [1.165, 1.54) is 36.8 Å². The summed E-state index contributed by atoms with van der Waals surface area (Å²) in [7, 11) is 0. The predicted molar refractivity (Wildman–Crippen MR) is 85.4 cm³/mol. The van der Waals surface area contributed by atoms with Crippen molar-refractivity contribution in [1.29, 1.82) is 0 Å². The summed E-state index contributed by atoms with van der Waals surface area (Å²) in [6.45, 7) is 11.3. The summed E-state index contributed by atoms with van der Waals surface area (Å²) in [5.74, 6) is 0. The van der Waals surface area contributed by atoms with Crippen molar-refractivity contribution in [3.05, 3.63) is 35.4 Å². The van der Waals surface area contributed by atoms with Crippen LogP contribution in [0.4, 0.5) is 0 Å². The number of nitrogens with one attached hydrogen (secondary N) is 1. The fourth-order valence-corrected chi connectivity index (χ4v) is 2.38. The van der Waals surface area contributed by atoms with Gasteiger partial charge in [-0.2, -0.15) is 0 Å². The van der Waals surface area contributed by atoms with Crippen LogP contribution in [0.25, 0.3) is 0 Å². The largest absolute Gasteiger partial charge is 0.312 e. The first kappa shape index (κ1) is 16.2. The van der Waals surface area contributed by atoms with Crippen molar-refractivity contribution in [2.24, 2.45) is 5.41 Å². The Bertz CT molecular complexity index is 337. The molecule has 1 rings (SSSR count). The molecule has 0 aromatic heterocycles. The van der Waals surface area contributed by atoms with Crippen LogP contribution < -0.4 is 5.32 Å². The molecule has 0 amide bonds. The van der Waals surface area contributed by atoms with Gasteiger partial charge in [0.2, 0.25) is 0 Å². The van der Waals surface area contributed by atoms with Crippen molar-refractivity contribution >= 4 is 0 Å². The third-order valence-electron chi connectivity index (χ3n) is 3.82. The number of rotatable bonds is 9. The smallest absolute Gasteiger partial charge is 0.0205 e. The Morgan fingerprint density at radius 3 is 2.16 bits per heavy atom. The lowest BCUT2D eigenvalue weighted by atomic mass is 9.87. The van der Waals surface area contributed by atoms with Crippen LogP contribution in [0.3, 0.4) is 0 Å². The highest BCUT2D eigenvalue weighted by Crippen LogP contribution is 2.22. The highest BCUT2D eigenvalue weighted by atomic mass is 14.9. The van der Waals surface area contributed by atoms with E-state index in [1.807, 2.05) is 0 Å².